The van der Waals surface area contributed by atoms with Crippen molar-refractivity contribution in [3.05, 3.63) is 0 Å². The molecule has 0 rings (SSSR count). The molecule has 0 aliphatic heterocycles. The first-order valence-corrected chi connectivity index (χ1v) is 6.63. The molecular weight excluding hydrogens is 256 g/mol. The first-order chi connectivity index (χ1) is 6.78. The largest absolute Gasteiger partial charge is 0.750 e. The second-order valence-corrected chi connectivity index (χ2v) is 7.74. The summed E-state index contributed by atoms with van der Waals surface area (Å²) >= 11 is 8.18. The summed E-state index contributed by atoms with van der Waals surface area (Å²) in [5, 5.41) is 0. The van der Waals surface area contributed by atoms with Crippen LogP contribution in [-0.2, 0) is 22.5 Å². The molecule has 0 aliphatic carbocycles. The van der Waals surface area contributed by atoms with E-state index in [1.165, 1.54) is 21.3 Å². The lowest BCUT2D eigenvalue weighted by atomic mass is 10.3. The van der Waals surface area contributed by atoms with Gasteiger partial charge in [-0.15, -0.1) is 0 Å². The van der Waals surface area contributed by atoms with Gasteiger partial charge in [-0.25, -0.2) is 0 Å². The zero-order valence-electron chi connectivity index (χ0n) is 9.14. The maximum absolute atomic E-state index is 11.4. The van der Waals surface area contributed by atoms with E-state index >= 15 is 0 Å². The Morgan fingerprint density at radius 3 is 1.87 bits per heavy atom. The van der Waals surface area contributed by atoms with E-state index in [0.717, 1.165) is 0 Å². The number of hydrogen-bond acceptors (Lipinski definition) is 7. The molecule has 0 saturated carbocycles. The van der Waals surface area contributed by atoms with E-state index in [1.807, 2.05) is 0 Å². The standard InChI is InChI=1S/C7H16O5S2Si/c1-7(13,14)5-6(8)12-15(9-2,10-3)11-4/h13-14H,5H2,1-4H3. The van der Waals surface area contributed by atoms with Gasteiger partial charge in [-0.1, -0.05) is 0 Å². The molecule has 0 aromatic carbocycles. The SMILES string of the molecule is CO[Si](OC)(OC)OC(=O)CC(C)(S)S. The quantitative estimate of drug-likeness (QED) is 0.427. The van der Waals surface area contributed by atoms with Crippen molar-refractivity contribution in [1.29, 1.82) is 0 Å². The van der Waals surface area contributed by atoms with Crippen LogP contribution >= 0.6 is 25.3 Å². The lowest BCUT2D eigenvalue weighted by molar-refractivity contribution is -0.142. The highest BCUT2D eigenvalue weighted by atomic mass is 32.2. The number of hydrogen-bond donors (Lipinski definition) is 2. The minimum absolute atomic E-state index is 0.0179. The molecule has 0 unspecified atom stereocenters. The van der Waals surface area contributed by atoms with Gasteiger partial charge in [-0.3, -0.25) is 4.79 Å². The van der Waals surface area contributed by atoms with Crippen LogP contribution in [0.15, 0.2) is 0 Å². The predicted octanol–water partition coefficient (Wildman–Crippen LogP) is 0.870. The molecule has 15 heavy (non-hydrogen) atoms. The number of thiol groups is 2. The van der Waals surface area contributed by atoms with Crippen LogP contribution < -0.4 is 0 Å². The molecule has 0 saturated heterocycles. The van der Waals surface area contributed by atoms with Gasteiger partial charge in [0.1, 0.15) is 0 Å². The van der Waals surface area contributed by atoms with Crippen LogP contribution in [0, 0.1) is 0 Å². The van der Waals surface area contributed by atoms with Crippen LogP contribution in [-0.4, -0.2) is 40.4 Å². The fourth-order valence-electron chi connectivity index (χ4n) is 0.824. The summed E-state index contributed by atoms with van der Waals surface area (Å²) in [5.74, 6) is -0.528. The Morgan fingerprint density at radius 2 is 1.60 bits per heavy atom. The number of carbonyl (C=O) groups excluding carboxylic acids is 1. The average molecular weight is 272 g/mol. The Labute approximate surface area is 102 Å². The van der Waals surface area contributed by atoms with E-state index in [2.05, 4.69) is 25.3 Å². The molecular formula is C7H16O5S2Si. The maximum Gasteiger partial charge on any atom is 0.750 e. The Hall–Kier alpha value is 0.267. The molecule has 0 aromatic rings. The smallest absolute Gasteiger partial charge is 0.452 e. The van der Waals surface area contributed by atoms with E-state index in [4.69, 9.17) is 17.7 Å². The normalized spacial score (nSPS) is 12.7. The fourth-order valence-corrected chi connectivity index (χ4v) is 2.18. The van der Waals surface area contributed by atoms with Crippen molar-refractivity contribution < 1.29 is 22.5 Å². The third-order valence-electron chi connectivity index (χ3n) is 1.47. The summed E-state index contributed by atoms with van der Waals surface area (Å²) in [6.07, 6.45) is 0.0179. The van der Waals surface area contributed by atoms with Crippen molar-refractivity contribution in [2.45, 2.75) is 17.4 Å². The molecule has 0 heterocycles. The first kappa shape index (κ1) is 15.3. The zero-order chi connectivity index (χ0) is 12.1. The van der Waals surface area contributed by atoms with Gasteiger partial charge in [-0.05, 0) is 6.92 Å². The highest BCUT2D eigenvalue weighted by Gasteiger charge is 2.47. The fraction of sp³-hybridized carbons (Fsp3) is 0.857. The Kier molecular flexibility index (Phi) is 6.22. The highest BCUT2D eigenvalue weighted by Crippen LogP contribution is 2.24. The van der Waals surface area contributed by atoms with E-state index in [0.29, 0.717) is 0 Å². The van der Waals surface area contributed by atoms with E-state index in [1.54, 1.807) is 6.92 Å². The molecule has 0 fully saturated rings. The molecule has 0 spiro atoms. The van der Waals surface area contributed by atoms with Crippen LogP contribution in [0.25, 0.3) is 0 Å². The Balaban J connectivity index is 4.36. The minimum Gasteiger partial charge on any atom is -0.452 e. The Bertz CT molecular complexity index is 206. The van der Waals surface area contributed by atoms with Crippen LogP contribution in [0.1, 0.15) is 13.3 Å². The molecule has 5 nitrogen and oxygen atoms in total. The van der Waals surface area contributed by atoms with Crippen LogP contribution in [0.4, 0.5) is 0 Å². The Morgan fingerprint density at radius 1 is 1.20 bits per heavy atom. The summed E-state index contributed by atoms with van der Waals surface area (Å²) in [5.41, 5.74) is 0. The number of carbonyl (C=O) groups is 1. The lowest BCUT2D eigenvalue weighted by Crippen LogP contribution is -2.48. The highest BCUT2D eigenvalue weighted by molar-refractivity contribution is 8.00. The second kappa shape index (κ2) is 6.11. The van der Waals surface area contributed by atoms with Gasteiger partial charge in [0.15, 0.2) is 0 Å². The van der Waals surface area contributed by atoms with Gasteiger partial charge in [0.25, 0.3) is 5.97 Å². The molecule has 8 heteroatoms. The van der Waals surface area contributed by atoms with Gasteiger partial charge in [0, 0.05) is 21.3 Å². The summed E-state index contributed by atoms with van der Waals surface area (Å²) in [6, 6.07) is 0. The molecule has 0 aromatic heterocycles. The van der Waals surface area contributed by atoms with Gasteiger partial charge in [0.05, 0.1) is 10.5 Å². The second-order valence-electron chi connectivity index (χ2n) is 2.98. The van der Waals surface area contributed by atoms with Crippen molar-refractivity contribution in [2.24, 2.45) is 0 Å². The summed E-state index contributed by atoms with van der Waals surface area (Å²) in [4.78, 5) is 11.4. The molecule has 90 valence electrons. The predicted molar refractivity (Wildman–Crippen MR) is 63.9 cm³/mol. The molecule has 0 radical (unpaired) electrons. The third kappa shape index (κ3) is 5.78. The van der Waals surface area contributed by atoms with E-state index < -0.39 is 19.1 Å². The van der Waals surface area contributed by atoms with Crippen molar-refractivity contribution in [2.75, 3.05) is 21.3 Å². The van der Waals surface area contributed by atoms with Gasteiger partial charge in [-0.2, -0.15) is 25.3 Å². The first-order valence-electron chi connectivity index (χ1n) is 4.10. The van der Waals surface area contributed by atoms with E-state index in [9.17, 15) is 4.79 Å². The monoisotopic (exact) mass is 272 g/mol. The van der Waals surface area contributed by atoms with Crippen molar-refractivity contribution in [1.82, 2.24) is 0 Å². The van der Waals surface area contributed by atoms with Crippen LogP contribution in [0.2, 0.25) is 0 Å². The van der Waals surface area contributed by atoms with Crippen molar-refractivity contribution >= 4 is 40.3 Å². The third-order valence-corrected chi connectivity index (χ3v) is 3.76. The van der Waals surface area contributed by atoms with Crippen molar-refractivity contribution in [3.8, 4) is 0 Å². The molecule has 0 amide bonds. The molecule has 0 aliphatic rings. The topological polar surface area (TPSA) is 54.0 Å². The zero-order valence-corrected chi connectivity index (χ0v) is 11.9. The van der Waals surface area contributed by atoms with Gasteiger partial charge in [0.2, 0.25) is 0 Å². The lowest BCUT2D eigenvalue weighted by Gasteiger charge is -2.24. The summed E-state index contributed by atoms with van der Waals surface area (Å²) < 4.78 is 19.0. The molecule has 0 bridgehead atoms. The van der Waals surface area contributed by atoms with E-state index in [-0.39, 0.29) is 6.42 Å². The van der Waals surface area contributed by atoms with Crippen LogP contribution in [0.5, 0.6) is 0 Å². The van der Waals surface area contributed by atoms with Crippen molar-refractivity contribution in [3.63, 3.8) is 0 Å². The minimum atomic E-state index is -3.30. The average Bonchev–Trinajstić information content (AvgIpc) is 2.11. The molecule has 0 N–H and O–H groups in total. The van der Waals surface area contributed by atoms with Gasteiger partial charge < -0.3 is 17.7 Å². The summed E-state index contributed by atoms with van der Waals surface area (Å²) in [6.45, 7) is 1.68. The maximum atomic E-state index is 11.4. The summed E-state index contributed by atoms with van der Waals surface area (Å²) in [7, 11) is 0.765. The molecule has 0 atom stereocenters. The van der Waals surface area contributed by atoms with Gasteiger partial charge >= 0.3 is 9.05 Å². The number of rotatable bonds is 6. The van der Waals surface area contributed by atoms with Crippen LogP contribution in [0.3, 0.4) is 0 Å².